The van der Waals surface area contributed by atoms with Gasteiger partial charge in [-0.25, -0.2) is 18.6 Å². The number of halogens is 6. The molecule has 0 bridgehead atoms. The first-order valence-electron chi connectivity index (χ1n) is 10.3. The van der Waals surface area contributed by atoms with Gasteiger partial charge in [0.25, 0.3) is 5.91 Å². The zero-order chi connectivity index (χ0) is 26.8. The van der Waals surface area contributed by atoms with Crippen LogP contribution in [0.5, 0.6) is 5.75 Å². The zero-order valence-electron chi connectivity index (χ0n) is 18.9. The number of nitrogens with zero attached hydrogens (tertiary/aromatic N) is 1. The van der Waals surface area contributed by atoms with E-state index in [-0.39, 0.29) is 21.3 Å². The normalized spacial score (nSPS) is 12.2. The number of hydrogen-bond acceptors (Lipinski definition) is 6. The second-order valence-electron chi connectivity index (χ2n) is 7.32. The summed E-state index contributed by atoms with van der Waals surface area (Å²) >= 11 is 6.82. The minimum absolute atomic E-state index is 0.0432. The Labute approximate surface area is 211 Å². The Bertz CT molecular complexity index is 1290. The molecule has 1 amide bonds. The molecule has 3 rings (SSSR count). The molecule has 1 heterocycles. The van der Waals surface area contributed by atoms with Gasteiger partial charge >= 0.3 is 12.1 Å². The summed E-state index contributed by atoms with van der Waals surface area (Å²) in [4.78, 5) is 29.4. The van der Waals surface area contributed by atoms with Crippen LogP contribution in [0.3, 0.4) is 0 Å². The van der Waals surface area contributed by atoms with E-state index in [2.05, 4.69) is 15.0 Å². The van der Waals surface area contributed by atoms with Crippen LogP contribution in [0.25, 0.3) is 10.6 Å². The van der Waals surface area contributed by atoms with Gasteiger partial charge < -0.3 is 14.8 Å². The SMILES string of the molecule is CCc1sc(-c2cc(O[C@@H](C)C(F)(F)F)c(C(=O)Nc3c(F)cccc3Cl)cc2F)nc1C(=O)OC. The molecule has 0 aliphatic heterocycles. The molecule has 1 atom stereocenters. The lowest BCUT2D eigenvalue weighted by Gasteiger charge is -2.20. The van der Waals surface area contributed by atoms with Crippen LogP contribution < -0.4 is 10.1 Å². The first kappa shape index (κ1) is 27.3. The molecule has 36 heavy (non-hydrogen) atoms. The van der Waals surface area contributed by atoms with Crippen LogP contribution in [0.1, 0.15) is 39.6 Å². The third-order valence-electron chi connectivity index (χ3n) is 4.91. The predicted molar refractivity (Wildman–Crippen MR) is 124 cm³/mol. The van der Waals surface area contributed by atoms with Crippen molar-refractivity contribution < 1.29 is 41.0 Å². The van der Waals surface area contributed by atoms with E-state index in [9.17, 15) is 27.2 Å². The van der Waals surface area contributed by atoms with Gasteiger partial charge in [-0.3, -0.25) is 4.79 Å². The summed E-state index contributed by atoms with van der Waals surface area (Å²) in [5.41, 5.74) is -1.47. The van der Waals surface area contributed by atoms with Gasteiger partial charge in [-0.2, -0.15) is 13.2 Å². The van der Waals surface area contributed by atoms with Crippen LogP contribution in [0.2, 0.25) is 5.02 Å². The number of aromatic nitrogens is 1. The third kappa shape index (κ3) is 5.76. The van der Waals surface area contributed by atoms with Crippen LogP contribution in [-0.4, -0.2) is 36.3 Å². The molecule has 0 saturated carbocycles. The highest BCUT2D eigenvalue weighted by Gasteiger charge is 2.39. The fraction of sp³-hybridized carbons (Fsp3) is 0.261. The monoisotopic (exact) mass is 548 g/mol. The van der Waals surface area contributed by atoms with Gasteiger partial charge in [-0.1, -0.05) is 24.6 Å². The molecule has 1 aromatic heterocycles. The van der Waals surface area contributed by atoms with Crippen molar-refractivity contribution >= 4 is 40.5 Å². The summed E-state index contributed by atoms with van der Waals surface area (Å²) in [6.45, 7) is 2.42. The number of rotatable bonds is 7. The van der Waals surface area contributed by atoms with Crippen molar-refractivity contribution in [1.29, 1.82) is 0 Å². The second-order valence-corrected chi connectivity index (χ2v) is 8.81. The molecule has 0 radical (unpaired) electrons. The molecular formula is C23H18ClF5N2O4S. The summed E-state index contributed by atoms with van der Waals surface area (Å²) in [6, 6.07) is 5.07. The minimum Gasteiger partial charge on any atom is -0.480 e. The van der Waals surface area contributed by atoms with Crippen molar-refractivity contribution in [2.45, 2.75) is 32.5 Å². The molecule has 192 valence electrons. The quantitative estimate of drug-likeness (QED) is 0.263. The standard InChI is InChI=1S/C23H18ClF5N2O4S/c1-4-17-19(22(33)34-3)31-21(36-17)11-9-16(35-10(2)23(27,28)29)12(8-15(11)26)20(32)30-18-13(24)6-5-7-14(18)25/h5-10H,4H2,1-3H3,(H,30,32)/t10-/m0/s1. The number of carbonyl (C=O) groups is 2. The number of amides is 1. The molecule has 2 aromatic carbocycles. The molecule has 13 heteroatoms. The Morgan fingerprint density at radius 1 is 1.19 bits per heavy atom. The maximum absolute atomic E-state index is 15.2. The number of carbonyl (C=O) groups excluding carboxylic acids is 2. The first-order valence-corrected chi connectivity index (χ1v) is 11.5. The number of alkyl halides is 3. The Morgan fingerprint density at radius 3 is 2.47 bits per heavy atom. The average molecular weight is 549 g/mol. The van der Waals surface area contributed by atoms with E-state index in [1.807, 2.05) is 0 Å². The van der Waals surface area contributed by atoms with Crippen molar-refractivity contribution in [3.63, 3.8) is 0 Å². The van der Waals surface area contributed by atoms with Gasteiger partial charge in [-0.05, 0) is 37.6 Å². The summed E-state index contributed by atoms with van der Waals surface area (Å²) in [7, 11) is 1.14. The smallest absolute Gasteiger partial charge is 0.425 e. The van der Waals surface area contributed by atoms with Gasteiger partial charge in [0.05, 0.1) is 23.4 Å². The fourth-order valence-corrected chi connectivity index (χ4v) is 4.23. The number of aryl methyl sites for hydroxylation is 1. The van der Waals surface area contributed by atoms with Crippen molar-refractivity contribution in [2.75, 3.05) is 12.4 Å². The summed E-state index contributed by atoms with van der Waals surface area (Å²) in [5, 5.41) is 1.90. The van der Waals surface area contributed by atoms with E-state index in [1.165, 1.54) is 12.1 Å². The van der Waals surface area contributed by atoms with E-state index in [0.717, 1.165) is 30.6 Å². The maximum Gasteiger partial charge on any atom is 0.425 e. The fourth-order valence-electron chi connectivity index (χ4n) is 3.01. The number of methoxy groups -OCH3 is 1. The first-order chi connectivity index (χ1) is 16.9. The average Bonchev–Trinajstić information content (AvgIpc) is 3.25. The molecule has 6 nitrogen and oxygen atoms in total. The van der Waals surface area contributed by atoms with Crippen LogP contribution >= 0.6 is 22.9 Å². The molecule has 0 aliphatic carbocycles. The highest BCUT2D eigenvalue weighted by Crippen LogP contribution is 2.37. The van der Waals surface area contributed by atoms with E-state index in [1.54, 1.807) is 6.92 Å². The molecule has 0 saturated heterocycles. The van der Waals surface area contributed by atoms with Crippen molar-refractivity contribution in [1.82, 2.24) is 4.98 Å². The largest absolute Gasteiger partial charge is 0.480 e. The number of benzene rings is 2. The number of anilines is 1. The van der Waals surface area contributed by atoms with Gasteiger partial charge in [0.1, 0.15) is 22.4 Å². The highest BCUT2D eigenvalue weighted by atomic mass is 35.5. The topological polar surface area (TPSA) is 77.5 Å². The van der Waals surface area contributed by atoms with E-state index >= 15 is 4.39 Å². The number of para-hydroxylation sites is 1. The molecular weight excluding hydrogens is 531 g/mol. The van der Waals surface area contributed by atoms with Crippen LogP contribution in [0.15, 0.2) is 30.3 Å². The highest BCUT2D eigenvalue weighted by molar-refractivity contribution is 7.15. The Kier molecular flexibility index (Phi) is 8.19. The number of hydrogen-bond donors (Lipinski definition) is 1. The molecule has 0 spiro atoms. The predicted octanol–water partition coefficient (Wildman–Crippen LogP) is 6.67. The third-order valence-corrected chi connectivity index (χ3v) is 6.46. The maximum atomic E-state index is 15.2. The molecule has 0 aliphatic rings. The number of esters is 1. The summed E-state index contributed by atoms with van der Waals surface area (Å²) in [5.74, 6) is -4.53. The number of nitrogens with one attached hydrogen (secondary N) is 1. The lowest BCUT2D eigenvalue weighted by Crippen LogP contribution is -2.32. The van der Waals surface area contributed by atoms with Crippen LogP contribution in [0.4, 0.5) is 27.6 Å². The van der Waals surface area contributed by atoms with Crippen molar-refractivity contribution in [3.8, 4) is 16.3 Å². The second kappa shape index (κ2) is 10.8. The van der Waals surface area contributed by atoms with Crippen LogP contribution in [-0.2, 0) is 11.2 Å². The zero-order valence-corrected chi connectivity index (χ0v) is 20.5. The van der Waals surface area contributed by atoms with Crippen molar-refractivity contribution in [3.05, 3.63) is 63.1 Å². The van der Waals surface area contributed by atoms with E-state index in [0.29, 0.717) is 24.3 Å². The van der Waals surface area contributed by atoms with E-state index < -0.39 is 52.8 Å². The Hall–Kier alpha value is -3.25. The molecule has 0 fully saturated rings. The van der Waals surface area contributed by atoms with Gasteiger partial charge in [0.2, 0.25) is 0 Å². The molecule has 1 N–H and O–H groups in total. The van der Waals surface area contributed by atoms with Crippen molar-refractivity contribution in [2.24, 2.45) is 0 Å². The Morgan fingerprint density at radius 2 is 1.89 bits per heavy atom. The molecule has 0 unspecified atom stereocenters. The summed E-state index contributed by atoms with van der Waals surface area (Å²) in [6.07, 6.45) is -6.85. The minimum atomic E-state index is -4.81. The summed E-state index contributed by atoms with van der Waals surface area (Å²) < 4.78 is 78.6. The van der Waals surface area contributed by atoms with Crippen LogP contribution in [0, 0.1) is 11.6 Å². The van der Waals surface area contributed by atoms with E-state index in [4.69, 9.17) is 16.3 Å². The lowest BCUT2D eigenvalue weighted by atomic mass is 10.1. The van der Waals surface area contributed by atoms with Gasteiger partial charge in [0, 0.05) is 10.4 Å². The number of thiazole rings is 1. The number of ether oxygens (including phenoxy) is 2. The van der Waals surface area contributed by atoms with Gasteiger partial charge in [-0.15, -0.1) is 11.3 Å². The molecule has 3 aromatic rings. The Balaban J connectivity index is 2.13. The van der Waals surface area contributed by atoms with Gasteiger partial charge in [0.15, 0.2) is 11.8 Å². The lowest BCUT2D eigenvalue weighted by molar-refractivity contribution is -0.189.